The molecule has 0 aliphatic carbocycles. The zero-order valence-corrected chi connectivity index (χ0v) is 16.8. The van der Waals surface area contributed by atoms with Gasteiger partial charge in [0.25, 0.3) is 15.9 Å². The summed E-state index contributed by atoms with van der Waals surface area (Å²) in [5, 5.41) is 0.0256. The van der Waals surface area contributed by atoms with Crippen molar-refractivity contribution in [1.82, 2.24) is 14.7 Å². The first kappa shape index (κ1) is 19.9. The van der Waals surface area contributed by atoms with E-state index in [2.05, 4.69) is 9.97 Å². The van der Waals surface area contributed by atoms with Gasteiger partial charge in [-0.15, -0.1) is 0 Å². The van der Waals surface area contributed by atoms with Gasteiger partial charge in [0, 0.05) is 11.3 Å². The summed E-state index contributed by atoms with van der Waals surface area (Å²) >= 11 is 5.95. The minimum Gasteiger partial charge on any atom is -0.497 e. The van der Waals surface area contributed by atoms with Crippen LogP contribution in [0.4, 0.5) is 0 Å². The first-order valence-corrected chi connectivity index (χ1v) is 10.3. The second-order valence-electron chi connectivity index (χ2n) is 5.86. The number of carbonyl (C=O) groups excluding carboxylic acids is 1. The average Bonchev–Trinajstić information content (AvgIpc) is 3.12. The maximum Gasteiger partial charge on any atom is 0.285 e. The lowest BCUT2D eigenvalue weighted by molar-refractivity contribution is 0.0976. The van der Waals surface area contributed by atoms with Gasteiger partial charge in [-0.2, -0.15) is 0 Å². The number of aromatic nitrogens is 2. The first-order chi connectivity index (χ1) is 13.4. The van der Waals surface area contributed by atoms with E-state index >= 15 is 0 Å². The summed E-state index contributed by atoms with van der Waals surface area (Å²) in [7, 11) is -2.58. The van der Waals surface area contributed by atoms with Gasteiger partial charge in [0.1, 0.15) is 16.5 Å². The largest absolute Gasteiger partial charge is 0.497 e. The van der Waals surface area contributed by atoms with E-state index in [-0.39, 0.29) is 15.6 Å². The van der Waals surface area contributed by atoms with Crippen molar-refractivity contribution < 1.29 is 17.9 Å². The Labute approximate surface area is 167 Å². The van der Waals surface area contributed by atoms with Crippen molar-refractivity contribution in [3.05, 3.63) is 64.9 Å². The quantitative estimate of drug-likeness (QED) is 0.637. The number of amides is 1. The molecule has 0 aliphatic heterocycles. The Morgan fingerprint density at radius 1 is 1.21 bits per heavy atom. The van der Waals surface area contributed by atoms with Gasteiger partial charge in [0.15, 0.2) is 5.69 Å². The normalized spacial score (nSPS) is 11.2. The number of rotatable bonds is 6. The predicted molar refractivity (Wildman–Crippen MR) is 106 cm³/mol. The molecule has 0 radical (unpaired) electrons. The number of aromatic amines is 1. The lowest BCUT2D eigenvalue weighted by Gasteiger charge is -2.07. The Balaban J connectivity index is 1.94. The highest BCUT2D eigenvalue weighted by Crippen LogP contribution is 2.24. The Bertz CT molecular complexity index is 1130. The van der Waals surface area contributed by atoms with Crippen molar-refractivity contribution in [2.24, 2.45) is 0 Å². The highest BCUT2D eigenvalue weighted by molar-refractivity contribution is 7.90. The van der Waals surface area contributed by atoms with Crippen LogP contribution in [0.2, 0.25) is 5.02 Å². The number of carbonyl (C=O) groups is 1. The monoisotopic (exact) mass is 419 g/mol. The zero-order chi connectivity index (χ0) is 20.3. The molecule has 3 aromatic rings. The molecule has 0 fully saturated rings. The Morgan fingerprint density at radius 3 is 2.64 bits per heavy atom. The zero-order valence-electron chi connectivity index (χ0n) is 15.2. The molecule has 0 bridgehead atoms. The molecular formula is C19H18ClN3O4S. The lowest BCUT2D eigenvalue weighted by Crippen LogP contribution is -2.31. The van der Waals surface area contributed by atoms with Crippen LogP contribution in [0.1, 0.15) is 23.1 Å². The number of sulfonamides is 1. The van der Waals surface area contributed by atoms with Crippen LogP contribution in [0.5, 0.6) is 5.75 Å². The summed E-state index contributed by atoms with van der Waals surface area (Å²) in [5.41, 5.74) is 1.24. The summed E-state index contributed by atoms with van der Waals surface area (Å²) in [5.74, 6) is 0.248. The fourth-order valence-corrected chi connectivity index (χ4v) is 4.12. The number of hydrogen-bond acceptors (Lipinski definition) is 5. The van der Waals surface area contributed by atoms with E-state index in [1.807, 2.05) is 17.7 Å². The Kier molecular flexibility index (Phi) is 5.71. The minimum absolute atomic E-state index is 0.0101. The standard InChI is InChI=1S/C19H18ClN3O4S/c1-3-15-17(22-18(21-15)12-7-6-8-13(11-12)27-2)19(24)23-28(25,26)16-10-5-4-9-14(16)20/h4-11H,3H2,1-2H3,(H,21,22)(H,23,24). The summed E-state index contributed by atoms with van der Waals surface area (Å²) in [6.07, 6.45) is 0.464. The van der Waals surface area contributed by atoms with Crippen LogP contribution in [-0.2, 0) is 16.4 Å². The van der Waals surface area contributed by atoms with Crippen molar-refractivity contribution in [2.45, 2.75) is 18.2 Å². The number of ether oxygens (including phenoxy) is 1. The van der Waals surface area contributed by atoms with Gasteiger partial charge in [0.05, 0.1) is 12.1 Å². The molecule has 7 nitrogen and oxygen atoms in total. The number of halogens is 1. The molecule has 3 rings (SSSR count). The second-order valence-corrected chi connectivity index (χ2v) is 7.92. The summed E-state index contributed by atoms with van der Waals surface area (Å²) in [6.45, 7) is 1.84. The van der Waals surface area contributed by atoms with Crippen molar-refractivity contribution in [1.29, 1.82) is 0 Å². The number of H-pyrrole nitrogens is 1. The van der Waals surface area contributed by atoms with Gasteiger partial charge in [-0.3, -0.25) is 4.79 Å². The Morgan fingerprint density at radius 2 is 1.96 bits per heavy atom. The number of imidazole rings is 1. The van der Waals surface area contributed by atoms with Crippen LogP contribution in [0.15, 0.2) is 53.4 Å². The van der Waals surface area contributed by atoms with Gasteiger partial charge >= 0.3 is 0 Å². The first-order valence-electron chi connectivity index (χ1n) is 8.40. The van der Waals surface area contributed by atoms with Gasteiger partial charge < -0.3 is 9.72 Å². The average molecular weight is 420 g/mol. The molecule has 1 heterocycles. The van der Waals surface area contributed by atoms with Crippen molar-refractivity contribution >= 4 is 27.5 Å². The van der Waals surface area contributed by atoms with E-state index in [0.717, 1.165) is 0 Å². The third-order valence-corrected chi connectivity index (χ3v) is 5.87. The molecule has 0 atom stereocenters. The minimum atomic E-state index is -4.13. The number of benzene rings is 2. The highest BCUT2D eigenvalue weighted by atomic mass is 35.5. The molecule has 0 saturated carbocycles. The van der Waals surface area contributed by atoms with Gasteiger partial charge in [-0.05, 0) is 30.7 Å². The molecule has 1 aromatic heterocycles. The predicted octanol–water partition coefficient (Wildman–Crippen LogP) is 3.42. The summed E-state index contributed by atoms with van der Waals surface area (Å²) in [6, 6.07) is 13.0. The SMILES string of the molecule is CCc1[nH]c(-c2cccc(OC)c2)nc1C(=O)NS(=O)(=O)c1ccccc1Cl. The number of nitrogens with zero attached hydrogens (tertiary/aromatic N) is 1. The molecule has 0 aliphatic rings. The van der Waals surface area contributed by atoms with Crippen LogP contribution in [0.3, 0.4) is 0 Å². The molecular weight excluding hydrogens is 402 g/mol. The topological polar surface area (TPSA) is 101 Å². The van der Waals surface area contributed by atoms with E-state index in [0.29, 0.717) is 29.3 Å². The van der Waals surface area contributed by atoms with Crippen molar-refractivity contribution in [3.8, 4) is 17.1 Å². The molecule has 9 heteroatoms. The summed E-state index contributed by atoms with van der Waals surface area (Å²) in [4.78, 5) is 19.9. The van der Waals surface area contributed by atoms with E-state index in [9.17, 15) is 13.2 Å². The molecule has 2 N–H and O–H groups in total. The number of aryl methyl sites for hydroxylation is 1. The lowest BCUT2D eigenvalue weighted by atomic mass is 10.2. The van der Waals surface area contributed by atoms with Gasteiger partial charge in [-0.1, -0.05) is 42.8 Å². The molecule has 146 valence electrons. The third-order valence-electron chi connectivity index (χ3n) is 4.04. The second kappa shape index (κ2) is 8.04. The van der Waals surface area contributed by atoms with Crippen LogP contribution >= 0.6 is 11.6 Å². The van der Waals surface area contributed by atoms with E-state index < -0.39 is 15.9 Å². The number of nitrogens with one attached hydrogen (secondary N) is 2. The van der Waals surface area contributed by atoms with Crippen LogP contribution in [-0.4, -0.2) is 31.4 Å². The number of methoxy groups -OCH3 is 1. The van der Waals surface area contributed by atoms with Gasteiger partial charge in [-0.25, -0.2) is 18.1 Å². The van der Waals surface area contributed by atoms with E-state index in [1.165, 1.54) is 18.2 Å². The van der Waals surface area contributed by atoms with Gasteiger partial charge in [0.2, 0.25) is 0 Å². The fraction of sp³-hybridized carbons (Fsp3) is 0.158. The van der Waals surface area contributed by atoms with E-state index in [1.54, 1.807) is 31.4 Å². The molecule has 0 unspecified atom stereocenters. The maximum atomic E-state index is 12.7. The fourth-order valence-electron chi connectivity index (χ4n) is 2.65. The molecule has 0 spiro atoms. The van der Waals surface area contributed by atoms with Crippen LogP contribution in [0.25, 0.3) is 11.4 Å². The van der Waals surface area contributed by atoms with Crippen LogP contribution in [0, 0.1) is 0 Å². The summed E-state index contributed by atoms with van der Waals surface area (Å²) < 4.78 is 32.3. The van der Waals surface area contributed by atoms with Crippen molar-refractivity contribution in [2.75, 3.05) is 7.11 Å². The third kappa shape index (κ3) is 4.02. The maximum absolute atomic E-state index is 12.7. The molecule has 2 aromatic carbocycles. The highest BCUT2D eigenvalue weighted by Gasteiger charge is 2.25. The van der Waals surface area contributed by atoms with Crippen LogP contribution < -0.4 is 9.46 Å². The van der Waals surface area contributed by atoms with E-state index in [4.69, 9.17) is 16.3 Å². The number of hydrogen-bond donors (Lipinski definition) is 2. The smallest absolute Gasteiger partial charge is 0.285 e. The molecule has 0 saturated heterocycles. The molecule has 1 amide bonds. The molecule has 28 heavy (non-hydrogen) atoms. The van der Waals surface area contributed by atoms with Crippen molar-refractivity contribution in [3.63, 3.8) is 0 Å². The Hall–Kier alpha value is -2.84.